The molecule has 5 heteroatoms. The van der Waals surface area contributed by atoms with Gasteiger partial charge in [0.05, 0.1) is 0 Å². The van der Waals surface area contributed by atoms with Crippen molar-refractivity contribution in [1.29, 1.82) is 0 Å². The van der Waals surface area contributed by atoms with Gasteiger partial charge in [-0.2, -0.15) is 11.8 Å². The average Bonchev–Trinajstić information content (AvgIpc) is 2.34. The van der Waals surface area contributed by atoms with Crippen molar-refractivity contribution >= 4 is 29.3 Å². The van der Waals surface area contributed by atoms with E-state index < -0.39 is 0 Å². The predicted octanol–water partition coefficient (Wildman–Crippen LogP) is 2.78. The van der Waals surface area contributed by atoms with Crippen molar-refractivity contribution in [3.05, 3.63) is 28.5 Å². The van der Waals surface area contributed by atoms with Crippen LogP contribution in [0, 0.1) is 0 Å². The fourth-order valence-corrected chi connectivity index (χ4v) is 1.76. The third-order valence-electron chi connectivity index (χ3n) is 2.42. The molecule has 0 aliphatic rings. The van der Waals surface area contributed by atoms with E-state index >= 15 is 0 Å². The molecule has 0 aliphatic carbocycles. The van der Waals surface area contributed by atoms with Crippen LogP contribution in [-0.4, -0.2) is 28.9 Å². The second-order valence-electron chi connectivity index (χ2n) is 3.78. The molecule has 0 aliphatic heterocycles. The third-order valence-corrected chi connectivity index (χ3v) is 3.59. The molecule has 1 amide bonds. The van der Waals surface area contributed by atoms with Crippen LogP contribution in [0.1, 0.15) is 29.9 Å². The Bertz CT molecular complexity index is 398. The van der Waals surface area contributed by atoms with Crippen LogP contribution in [0.2, 0.25) is 5.15 Å². The van der Waals surface area contributed by atoms with E-state index in [-0.39, 0.29) is 5.91 Å². The molecule has 17 heavy (non-hydrogen) atoms. The molecule has 0 bridgehead atoms. The fraction of sp³-hybridized carbons (Fsp3) is 0.500. The van der Waals surface area contributed by atoms with Crippen LogP contribution >= 0.6 is 23.4 Å². The lowest BCUT2D eigenvalue weighted by molar-refractivity contribution is 0.0954. The first-order valence-electron chi connectivity index (χ1n) is 5.54. The molecule has 0 radical (unpaired) electrons. The normalized spacial score (nSPS) is 12.2. The molecular weight excluding hydrogens is 256 g/mol. The molecule has 0 saturated heterocycles. The average molecular weight is 273 g/mol. The summed E-state index contributed by atoms with van der Waals surface area (Å²) in [6.07, 6.45) is 2.79. The van der Waals surface area contributed by atoms with Gasteiger partial charge in [-0.3, -0.25) is 4.79 Å². The highest BCUT2D eigenvalue weighted by Gasteiger charge is 2.09. The monoisotopic (exact) mass is 272 g/mol. The zero-order valence-electron chi connectivity index (χ0n) is 10.3. The zero-order chi connectivity index (χ0) is 12.8. The van der Waals surface area contributed by atoms with Gasteiger partial charge in [-0.1, -0.05) is 25.4 Å². The van der Waals surface area contributed by atoms with Crippen LogP contribution in [0.3, 0.4) is 0 Å². The van der Waals surface area contributed by atoms with E-state index in [9.17, 15) is 4.79 Å². The lowest BCUT2D eigenvalue weighted by Crippen LogP contribution is -2.29. The smallest absolute Gasteiger partial charge is 0.251 e. The highest BCUT2D eigenvalue weighted by atomic mass is 35.5. The highest BCUT2D eigenvalue weighted by molar-refractivity contribution is 7.99. The Morgan fingerprint density at radius 1 is 1.59 bits per heavy atom. The standard InChI is InChI=1S/C12H17ClN2OS/c1-4-10-5-9(6-11(13)15-10)12(16)14-7-8(2)17-3/h5-6,8H,4,7H2,1-3H3,(H,14,16). The maximum absolute atomic E-state index is 11.9. The van der Waals surface area contributed by atoms with Gasteiger partial charge >= 0.3 is 0 Å². The van der Waals surface area contributed by atoms with E-state index in [1.807, 2.05) is 13.2 Å². The van der Waals surface area contributed by atoms with E-state index in [4.69, 9.17) is 11.6 Å². The highest BCUT2D eigenvalue weighted by Crippen LogP contribution is 2.12. The van der Waals surface area contributed by atoms with Gasteiger partial charge < -0.3 is 5.32 Å². The van der Waals surface area contributed by atoms with Gasteiger partial charge in [0, 0.05) is 23.1 Å². The van der Waals surface area contributed by atoms with Gasteiger partial charge in [-0.05, 0) is 24.8 Å². The first kappa shape index (κ1) is 14.3. The Labute approximate surface area is 111 Å². The fourth-order valence-electron chi connectivity index (χ4n) is 1.29. The van der Waals surface area contributed by atoms with Crippen molar-refractivity contribution < 1.29 is 4.79 Å². The molecule has 1 N–H and O–H groups in total. The van der Waals surface area contributed by atoms with E-state index in [0.29, 0.717) is 22.5 Å². The maximum Gasteiger partial charge on any atom is 0.251 e. The van der Waals surface area contributed by atoms with Crippen molar-refractivity contribution in [3.8, 4) is 0 Å². The summed E-state index contributed by atoms with van der Waals surface area (Å²) in [5.74, 6) is -0.0927. The number of aryl methyl sites for hydroxylation is 1. The number of thioether (sulfide) groups is 1. The molecule has 0 aromatic carbocycles. The molecule has 0 saturated carbocycles. The molecular formula is C12H17ClN2OS. The van der Waals surface area contributed by atoms with E-state index in [0.717, 1.165) is 12.1 Å². The van der Waals surface area contributed by atoms with Crippen molar-refractivity contribution in [2.45, 2.75) is 25.5 Å². The van der Waals surface area contributed by atoms with Crippen LogP contribution in [0.4, 0.5) is 0 Å². The summed E-state index contributed by atoms with van der Waals surface area (Å²) in [6.45, 7) is 4.71. The number of amides is 1. The number of hydrogen-bond donors (Lipinski definition) is 1. The minimum atomic E-state index is -0.0927. The second-order valence-corrected chi connectivity index (χ2v) is 5.44. The largest absolute Gasteiger partial charge is 0.351 e. The minimum Gasteiger partial charge on any atom is -0.351 e. The lowest BCUT2D eigenvalue weighted by Gasteiger charge is -2.10. The molecule has 3 nitrogen and oxygen atoms in total. The molecule has 1 rings (SSSR count). The number of aromatic nitrogens is 1. The first-order valence-corrected chi connectivity index (χ1v) is 7.20. The second kappa shape index (κ2) is 6.87. The maximum atomic E-state index is 11.9. The summed E-state index contributed by atoms with van der Waals surface area (Å²) in [5.41, 5.74) is 1.41. The van der Waals surface area contributed by atoms with Gasteiger partial charge in [0.1, 0.15) is 5.15 Å². The minimum absolute atomic E-state index is 0.0927. The van der Waals surface area contributed by atoms with Crippen molar-refractivity contribution in [3.63, 3.8) is 0 Å². The molecule has 94 valence electrons. The van der Waals surface area contributed by atoms with Gasteiger partial charge in [0.25, 0.3) is 5.91 Å². The molecule has 1 atom stereocenters. The predicted molar refractivity (Wildman–Crippen MR) is 73.9 cm³/mol. The summed E-state index contributed by atoms with van der Waals surface area (Å²) in [4.78, 5) is 16.0. The summed E-state index contributed by atoms with van der Waals surface area (Å²) < 4.78 is 0. The van der Waals surface area contributed by atoms with Crippen molar-refractivity contribution in [2.75, 3.05) is 12.8 Å². The van der Waals surface area contributed by atoms with E-state index in [1.165, 1.54) is 0 Å². The zero-order valence-corrected chi connectivity index (χ0v) is 11.9. The molecule has 1 aromatic rings. The topological polar surface area (TPSA) is 42.0 Å². The number of halogens is 1. The molecule has 0 spiro atoms. The Kier molecular flexibility index (Phi) is 5.78. The molecule has 1 unspecified atom stereocenters. The number of nitrogens with one attached hydrogen (secondary N) is 1. The molecule has 1 aromatic heterocycles. The Balaban J connectivity index is 2.71. The van der Waals surface area contributed by atoms with Crippen LogP contribution in [0.15, 0.2) is 12.1 Å². The van der Waals surface area contributed by atoms with E-state index in [1.54, 1.807) is 23.9 Å². The van der Waals surface area contributed by atoms with Gasteiger partial charge in [-0.15, -0.1) is 0 Å². The third kappa shape index (κ3) is 4.56. The van der Waals surface area contributed by atoms with Gasteiger partial charge in [0.15, 0.2) is 0 Å². The summed E-state index contributed by atoms with van der Waals surface area (Å²) >= 11 is 7.59. The summed E-state index contributed by atoms with van der Waals surface area (Å²) in [7, 11) is 0. The van der Waals surface area contributed by atoms with Gasteiger partial charge in [-0.25, -0.2) is 4.98 Å². The van der Waals surface area contributed by atoms with Crippen LogP contribution < -0.4 is 5.32 Å². The first-order chi connectivity index (χ1) is 8.06. The van der Waals surface area contributed by atoms with Crippen LogP contribution in [0.5, 0.6) is 0 Å². The number of pyridine rings is 1. The number of carbonyl (C=O) groups excluding carboxylic acids is 1. The Morgan fingerprint density at radius 3 is 2.88 bits per heavy atom. The van der Waals surface area contributed by atoms with Crippen LogP contribution in [-0.2, 0) is 6.42 Å². The van der Waals surface area contributed by atoms with Gasteiger partial charge in [0.2, 0.25) is 0 Å². The molecule has 0 fully saturated rings. The molecule has 1 heterocycles. The Hall–Kier alpha value is -0.740. The SMILES string of the molecule is CCc1cc(C(=O)NCC(C)SC)cc(Cl)n1. The number of rotatable bonds is 5. The summed E-state index contributed by atoms with van der Waals surface area (Å²) in [6, 6.07) is 3.38. The van der Waals surface area contributed by atoms with Crippen molar-refractivity contribution in [2.24, 2.45) is 0 Å². The summed E-state index contributed by atoms with van der Waals surface area (Å²) in [5, 5.41) is 3.65. The number of hydrogen-bond acceptors (Lipinski definition) is 3. The Morgan fingerprint density at radius 2 is 2.29 bits per heavy atom. The quantitative estimate of drug-likeness (QED) is 0.838. The lowest BCUT2D eigenvalue weighted by atomic mass is 10.2. The number of carbonyl (C=O) groups is 1. The van der Waals surface area contributed by atoms with Crippen molar-refractivity contribution in [1.82, 2.24) is 10.3 Å². The number of nitrogens with zero attached hydrogens (tertiary/aromatic N) is 1. The van der Waals surface area contributed by atoms with E-state index in [2.05, 4.69) is 17.2 Å². The van der Waals surface area contributed by atoms with Crippen LogP contribution in [0.25, 0.3) is 0 Å².